The number of nitrogens with one attached hydrogen (secondary N) is 2. The number of piperidine rings is 1. The molecule has 2 aromatic carbocycles. The van der Waals surface area contributed by atoms with Gasteiger partial charge in [-0.1, -0.05) is 36.4 Å². The first-order chi connectivity index (χ1) is 17.1. The highest BCUT2D eigenvalue weighted by Crippen LogP contribution is 2.31. The van der Waals surface area contributed by atoms with Gasteiger partial charge in [-0.05, 0) is 53.6 Å². The molecule has 0 spiro atoms. The number of H-pyrrole nitrogens is 1. The van der Waals surface area contributed by atoms with E-state index in [1.165, 1.54) is 11.3 Å². The number of nitrogens with zero attached hydrogens (tertiary/aromatic N) is 1. The Morgan fingerprint density at radius 2 is 1.97 bits per heavy atom. The van der Waals surface area contributed by atoms with Crippen molar-refractivity contribution in [2.75, 3.05) is 26.7 Å². The van der Waals surface area contributed by atoms with Crippen LogP contribution in [0.3, 0.4) is 0 Å². The minimum absolute atomic E-state index is 0.00651. The van der Waals surface area contributed by atoms with Crippen LogP contribution in [0.1, 0.15) is 39.6 Å². The van der Waals surface area contributed by atoms with E-state index in [0.717, 1.165) is 45.5 Å². The van der Waals surface area contributed by atoms with E-state index in [1.54, 1.807) is 7.11 Å². The second-order valence-electron chi connectivity index (χ2n) is 8.93. The average Bonchev–Trinajstić information content (AvgIpc) is 3.60. The summed E-state index contributed by atoms with van der Waals surface area (Å²) in [6, 6.07) is 20.0. The van der Waals surface area contributed by atoms with Gasteiger partial charge in [-0.15, -0.1) is 11.3 Å². The molecule has 1 aliphatic rings. The Labute approximate surface area is 208 Å². The molecule has 0 bridgehead atoms. The Morgan fingerprint density at radius 1 is 1.14 bits per heavy atom. The Bertz CT molecular complexity index is 1300. The summed E-state index contributed by atoms with van der Waals surface area (Å²) in [4.78, 5) is 32.0. The molecule has 2 aromatic heterocycles. The van der Waals surface area contributed by atoms with Crippen LogP contribution in [0.4, 0.5) is 0 Å². The first kappa shape index (κ1) is 23.2. The minimum Gasteiger partial charge on any atom is -0.497 e. The number of carbonyl (C=O) groups excluding carboxylic acids is 2. The van der Waals surface area contributed by atoms with Gasteiger partial charge in [-0.25, -0.2) is 0 Å². The molecule has 1 saturated heterocycles. The van der Waals surface area contributed by atoms with Crippen LogP contribution in [0.25, 0.3) is 10.9 Å². The number of aromatic amines is 1. The fourth-order valence-corrected chi connectivity index (χ4v) is 5.60. The molecule has 7 heteroatoms. The Morgan fingerprint density at radius 3 is 2.74 bits per heavy atom. The molecule has 180 valence electrons. The summed E-state index contributed by atoms with van der Waals surface area (Å²) in [6.45, 7) is 1.63. The normalized spacial score (nSPS) is 16.7. The highest BCUT2D eigenvalue weighted by Gasteiger charge is 2.30. The van der Waals surface area contributed by atoms with Gasteiger partial charge in [0, 0.05) is 42.7 Å². The zero-order valence-electron chi connectivity index (χ0n) is 19.7. The number of amides is 2. The van der Waals surface area contributed by atoms with Crippen LogP contribution in [0.5, 0.6) is 5.75 Å². The molecule has 1 fully saturated rings. The lowest BCUT2D eigenvalue weighted by atomic mass is 9.90. The topological polar surface area (TPSA) is 74.4 Å². The lowest BCUT2D eigenvalue weighted by Gasteiger charge is -2.32. The molecule has 3 heterocycles. The number of carbonyl (C=O) groups is 2. The van der Waals surface area contributed by atoms with E-state index in [9.17, 15) is 9.59 Å². The third-order valence-corrected chi connectivity index (χ3v) is 7.66. The number of hydrogen-bond donors (Lipinski definition) is 2. The predicted octanol–water partition coefficient (Wildman–Crippen LogP) is 5.04. The van der Waals surface area contributed by atoms with Gasteiger partial charge >= 0.3 is 0 Å². The van der Waals surface area contributed by atoms with Crippen molar-refractivity contribution in [2.45, 2.75) is 18.8 Å². The van der Waals surface area contributed by atoms with Crippen LogP contribution in [-0.4, -0.2) is 48.4 Å². The number of rotatable bonds is 7. The maximum absolute atomic E-state index is 13.2. The summed E-state index contributed by atoms with van der Waals surface area (Å²) in [5.74, 6) is 0.605. The molecule has 4 aromatic rings. The molecular formula is C28H29N3O3S. The van der Waals surface area contributed by atoms with E-state index in [0.29, 0.717) is 19.6 Å². The van der Waals surface area contributed by atoms with Crippen molar-refractivity contribution < 1.29 is 14.3 Å². The van der Waals surface area contributed by atoms with Crippen LogP contribution in [0, 0.1) is 5.92 Å². The SMILES string of the molecule is COc1ccc(C(CNC(=O)C2CCCN(C(=O)c3cccs3)C2)c2c[nH]c3ccccc23)cc1. The summed E-state index contributed by atoms with van der Waals surface area (Å²) in [5, 5.41) is 6.26. The first-order valence-corrected chi connectivity index (χ1v) is 12.8. The Balaban J connectivity index is 1.33. The zero-order valence-corrected chi connectivity index (χ0v) is 20.5. The largest absolute Gasteiger partial charge is 0.497 e. The number of likely N-dealkylation sites (tertiary alicyclic amines) is 1. The molecule has 0 radical (unpaired) electrons. The van der Waals surface area contributed by atoms with Crippen LogP contribution < -0.4 is 10.1 Å². The third kappa shape index (κ3) is 4.95. The summed E-state index contributed by atoms with van der Waals surface area (Å²) >= 11 is 1.44. The van der Waals surface area contributed by atoms with E-state index < -0.39 is 0 Å². The van der Waals surface area contributed by atoms with E-state index in [1.807, 2.05) is 52.9 Å². The molecule has 2 unspecified atom stereocenters. The number of benzene rings is 2. The monoisotopic (exact) mass is 487 g/mol. The minimum atomic E-state index is -0.202. The summed E-state index contributed by atoms with van der Waals surface area (Å²) in [5.41, 5.74) is 3.32. The quantitative estimate of drug-likeness (QED) is 0.384. The third-order valence-electron chi connectivity index (χ3n) is 6.81. The number of aromatic nitrogens is 1. The number of thiophene rings is 1. The van der Waals surface area contributed by atoms with Gasteiger partial charge in [0.25, 0.3) is 5.91 Å². The van der Waals surface area contributed by atoms with Gasteiger partial charge in [0.2, 0.25) is 5.91 Å². The zero-order chi connectivity index (χ0) is 24.2. The van der Waals surface area contributed by atoms with Gasteiger partial charge in [0.15, 0.2) is 0 Å². The molecule has 0 aliphatic carbocycles. The first-order valence-electron chi connectivity index (χ1n) is 11.9. The van der Waals surface area contributed by atoms with Gasteiger partial charge < -0.3 is 19.9 Å². The molecule has 5 rings (SSSR count). The van der Waals surface area contributed by atoms with Crippen molar-refractivity contribution in [3.05, 3.63) is 88.2 Å². The van der Waals surface area contributed by atoms with Gasteiger partial charge in [-0.3, -0.25) is 9.59 Å². The average molecular weight is 488 g/mol. The molecule has 6 nitrogen and oxygen atoms in total. The highest BCUT2D eigenvalue weighted by atomic mass is 32.1. The molecule has 2 amide bonds. The smallest absolute Gasteiger partial charge is 0.263 e. The second kappa shape index (κ2) is 10.4. The van der Waals surface area contributed by atoms with Gasteiger partial charge in [0.1, 0.15) is 5.75 Å². The molecule has 2 N–H and O–H groups in total. The standard InChI is InChI=1S/C28H29N3O3S/c1-34-21-12-10-19(11-13-21)23(24-17-29-25-8-3-2-7-22(24)25)16-30-27(32)20-6-4-14-31(18-20)28(33)26-9-5-15-35-26/h2-3,5,7-13,15,17,20,23,29H,4,6,14,16,18H2,1H3,(H,30,32). The number of fused-ring (bicyclic) bond motifs is 1. The lowest BCUT2D eigenvalue weighted by Crippen LogP contribution is -2.46. The van der Waals surface area contributed by atoms with Gasteiger partial charge in [0.05, 0.1) is 17.9 Å². The molecule has 0 saturated carbocycles. The molecule has 1 aliphatic heterocycles. The van der Waals surface area contributed by atoms with Crippen LogP contribution in [-0.2, 0) is 4.79 Å². The van der Waals surface area contributed by atoms with Crippen molar-refractivity contribution in [3.8, 4) is 5.75 Å². The van der Waals surface area contributed by atoms with Crippen LogP contribution >= 0.6 is 11.3 Å². The van der Waals surface area contributed by atoms with Crippen molar-refractivity contribution >= 4 is 34.1 Å². The van der Waals surface area contributed by atoms with E-state index >= 15 is 0 Å². The van der Waals surface area contributed by atoms with Crippen LogP contribution in [0.15, 0.2) is 72.2 Å². The van der Waals surface area contributed by atoms with E-state index in [4.69, 9.17) is 4.74 Å². The van der Waals surface area contributed by atoms with Gasteiger partial charge in [-0.2, -0.15) is 0 Å². The Hall–Kier alpha value is -3.58. The molecule has 2 atom stereocenters. The summed E-state index contributed by atoms with van der Waals surface area (Å²) in [7, 11) is 1.66. The number of methoxy groups -OCH3 is 1. The highest BCUT2D eigenvalue weighted by molar-refractivity contribution is 7.12. The second-order valence-corrected chi connectivity index (χ2v) is 9.88. The maximum atomic E-state index is 13.2. The van der Waals surface area contributed by atoms with Crippen molar-refractivity contribution in [1.29, 1.82) is 0 Å². The fraction of sp³-hybridized carbons (Fsp3) is 0.286. The van der Waals surface area contributed by atoms with E-state index in [-0.39, 0.29) is 23.7 Å². The van der Waals surface area contributed by atoms with Crippen molar-refractivity contribution in [1.82, 2.24) is 15.2 Å². The fourth-order valence-electron chi connectivity index (χ4n) is 4.90. The molecule has 35 heavy (non-hydrogen) atoms. The predicted molar refractivity (Wildman–Crippen MR) is 139 cm³/mol. The van der Waals surface area contributed by atoms with Crippen LogP contribution in [0.2, 0.25) is 0 Å². The maximum Gasteiger partial charge on any atom is 0.263 e. The van der Waals surface area contributed by atoms with Crippen molar-refractivity contribution in [2.24, 2.45) is 5.92 Å². The summed E-state index contributed by atoms with van der Waals surface area (Å²) < 4.78 is 5.34. The van der Waals surface area contributed by atoms with Crippen molar-refractivity contribution in [3.63, 3.8) is 0 Å². The molecular weight excluding hydrogens is 458 g/mol. The number of ether oxygens (including phenoxy) is 1. The van der Waals surface area contributed by atoms with E-state index in [2.05, 4.69) is 34.6 Å². The number of para-hydroxylation sites is 1. The summed E-state index contributed by atoms with van der Waals surface area (Å²) in [6.07, 6.45) is 3.66. The Kier molecular flexibility index (Phi) is 6.86. The lowest BCUT2D eigenvalue weighted by molar-refractivity contribution is -0.126. The number of hydrogen-bond acceptors (Lipinski definition) is 4.